The van der Waals surface area contributed by atoms with Crippen LogP contribution in [0.25, 0.3) is 0 Å². The zero-order valence-corrected chi connectivity index (χ0v) is 18.6. The first kappa shape index (κ1) is 22.2. The van der Waals surface area contributed by atoms with E-state index in [1.807, 2.05) is 7.05 Å². The highest BCUT2D eigenvalue weighted by Crippen LogP contribution is 2.27. The fourth-order valence-corrected chi connectivity index (χ4v) is 6.01. The Balaban J connectivity index is 1.56. The van der Waals surface area contributed by atoms with Crippen molar-refractivity contribution in [3.8, 4) is 0 Å². The van der Waals surface area contributed by atoms with Gasteiger partial charge in [-0.3, -0.25) is 9.69 Å². The number of benzene rings is 1. The van der Waals surface area contributed by atoms with Crippen LogP contribution in [0.3, 0.4) is 0 Å². The Morgan fingerprint density at radius 2 is 1.41 bits per heavy atom. The third kappa shape index (κ3) is 5.80. The highest BCUT2D eigenvalue weighted by atomic mass is 32.2. The van der Waals surface area contributed by atoms with Crippen molar-refractivity contribution in [3.63, 3.8) is 0 Å². The molecule has 2 aliphatic rings. The molecular formula is C22H35N3O3S. The molecule has 3 rings (SSSR count). The summed E-state index contributed by atoms with van der Waals surface area (Å²) < 4.78 is 27.4. The monoisotopic (exact) mass is 421 g/mol. The van der Waals surface area contributed by atoms with Crippen LogP contribution in [0.15, 0.2) is 29.2 Å². The van der Waals surface area contributed by atoms with Crippen LogP contribution < -0.4 is 5.32 Å². The molecule has 0 heterocycles. The molecule has 0 atom stereocenters. The van der Waals surface area contributed by atoms with Gasteiger partial charge in [0.05, 0.1) is 11.4 Å². The van der Waals surface area contributed by atoms with Gasteiger partial charge in [0.15, 0.2) is 0 Å². The van der Waals surface area contributed by atoms with E-state index in [1.165, 1.54) is 30.0 Å². The van der Waals surface area contributed by atoms with Crippen LogP contribution in [0.4, 0.5) is 5.69 Å². The average molecular weight is 422 g/mol. The van der Waals surface area contributed by atoms with E-state index in [1.54, 1.807) is 31.3 Å². The maximum Gasteiger partial charge on any atom is 0.243 e. The predicted octanol–water partition coefficient (Wildman–Crippen LogP) is 3.84. The molecule has 1 aromatic carbocycles. The molecule has 0 saturated heterocycles. The van der Waals surface area contributed by atoms with Gasteiger partial charge in [-0.15, -0.1) is 0 Å². The second kappa shape index (κ2) is 10.0. The molecule has 162 valence electrons. The molecule has 2 fully saturated rings. The highest BCUT2D eigenvalue weighted by molar-refractivity contribution is 7.89. The van der Waals surface area contributed by atoms with Gasteiger partial charge in [0, 0.05) is 24.8 Å². The van der Waals surface area contributed by atoms with E-state index in [-0.39, 0.29) is 16.8 Å². The summed E-state index contributed by atoms with van der Waals surface area (Å²) in [6.07, 6.45) is 11.3. The van der Waals surface area contributed by atoms with Crippen molar-refractivity contribution in [1.29, 1.82) is 0 Å². The van der Waals surface area contributed by atoms with E-state index in [0.717, 1.165) is 38.5 Å². The van der Waals surface area contributed by atoms with Crippen molar-refractivity contribution in [2.24, 2.45) is 0 Å². The van der Waals surface area contributed by atoms with Gasteiger partial charge < -0.3 is 5.32 Å². The number of rotatable bonds is 7. The molecule has 2 aliphatic carbocycles. The van der Waals surface area contributed by atoms with Crippen LogP contribution in [0.1, 0.15) is 64.2 Å². The largest absolute Gasteiger partial charge is 0.325 e. The third-order valence-electron chi connectivity index (χ3n) is 6.50. The van der Waals surface area contributed by atoms with E-state index in [0.29, 0.717) is 18.3 Å². The fourth-order valence-electron chi connectivity index (χ4n) is 4.60. The van der Waals surface area contributed by atoms with E-state index in [2.05, 4.69) is 10.2 Å². The van der Waals surface area contributed by atoms with Crippen LogP contribution in [0.2, 0.25) is 0 Å². The van der Waals surface area contributed by atoms with Crippen molar-refractivity contribution in [2.75, 3.05) is 26.0 Å². The summed E-state index contributed by atoms with van der Waals surface area (Å²) in [5.41, 5.74) is 0.631. The number of sulfonamides is 1. The summed E-state index contributed by atoms with van der Waals surface area (Å²) in [5.74, 6) is -0.0620. The zero-order chi connectivity index (χ0) is 20.9. The van der Waals surface area contributed by atoms with Crippen molar-refractivity contribution >= 4 is 21.6 Å². The van der Waals surface area contributed by atoms with Gasteiger partial charge in [0.25, 0.3) is 0 Å². The van der Waals surface area contributed by atoms with E-state index < -0.39 is 10.0 Å². The van der Waals surface area contributed by atoms with E-state index in [4.69, 9.17) is 0 Å². The van der Waals surface area contributed by atoms with Gasteiger partial charge in [0.1, 0.15) is 0 Å². The lowest BCUT2D eigenvalue weighted by Gasteiger charge is -2.30. The Morgan fingerprint density at radius 1 is 0.897 bits per heavy atom. The molecule has 6 nitrogen and oxygen atoms in total. The Labute approximate surface area is 175 Å². The molecule has 0 radical (unpaired) electrons. The SMILES string of the molecule is CN(CC(=O)Nc1ccc(S(=O)(=O)N(C)C2CCCCC2)cc1)C1CCCCC1. The summed E-state index contributed by atoms with van der Waals surface area (Å²) >= 11 is 0. The molecule has 29 heavy (non-hydrogen) atoms. The number of carbonyl (C=O) groups excluding carboxylic acids is 1. The van der Waals surface area contributed by atoms with Crippen LogP contribution in [-0.2, 0) is 14.8 Å². The number of nitrogens with one attached hydrogen (secondary N) is 1. The number of nitrogens with zero attached hydrogens (tertiary/aromatic N) is 2. The minimum atomic E-state index is -3.50. The van der Waals surface area contributed by atoms with Crippen LogP contribution in [0.5, 0.6) is 0 Å². The lowest BCUT2D eigenvalue weighted by molar-refractivity contribution is -0.117. The predicted molar refractivity (Wildman–Crippen MR) is 116 cm³/mol. The van der Waals surface area contributed by atoms with E-state index in [9.17, 15) is 13.2 Å². The van der Waals surface area contributed by atoms with Gasteiger partial charge in [-0.2, -0.15) is 4.31 Å². The van der Waals surface area contributed by atoms with Gasteiger partial charge in [-0.25, -0.2) is 8.42 Å². The van der Waals surface area contributed by atoms with Crippen LogP contribution >= 0.6 is 0 Å². The Kier molecular flexibility index (Phi) is 7.71. The van der Waals surface area contributed by atoms with Crippen molar-refractivity contribution in [1.82, 2.24) is 9.21 Å². The fraction of sp³-hybridized carbons (Fsp3) is 0.682. The van der Waals surface area contributed by atoms with Gasteiger partial charge in [-0.1, -0.05) is 38.5 Å². The summed E-state index contributed by atoms with van der Waals surface area (Å²) in [6.45, 7) is 0.356. The number of hydrogen-bond acceptors (Lipinski definition) is 4. The molecule has 0 aliphatic heterocycles. The number of likely N-dealkylation sites (N-methyl/N-ethyl adjacent to an activating group) is 1. The quantitative estimate of drug-likeness (QED) is 0.726. The van der Waals surface area contributed by atoms with Crippen molar-refractivity contribution in [2.45, 2.75) is 81.2 Å². The zero-order valence-electron chi connectivity index (χ0n) is 17.8. The summed E-state index contributed by atoms with van der Waals surface area (Å²) in [5, 5.41) is 2.89. The third-order valence-corrected chi connectivity index (χ3v) is 8.42. The molecule has 0 spiro atoms. The molecular weight excluding hydrogens is 386 g/mol. The molecule has 1 amide bonds. The maximum absolute atomic E-state index is 12.9. The second-order valence-electron chi connectivity index (χ2n) is 8.59. The summed E-state index contributed by atoms with van der Waals surface area (Å²) in [6, 6.07) is 7.12. The van der Waals surface area contributed by atoms with Crippen molar-refractivity contribution < 1.29 is 13.2 Å². The summed E-state index contributed by atoms with van der Waals surface area (Å²) in [7, 11) is 0.184. The molecule has 0 bridgehead atoms. The smallest absolute Gasteiger partial charge is 0.243 e. The molecule has 0 unspecified atom stereocenters. The second-order valence-corrected chi connectivity index (χ2v) is 10.6. The van der Waals surface area contributed by atoms with E-state index >= 15 is 0 Å². The minimum absolute atomic E-state index is 0.0620. The lowest BCUT2D eigenvalue weighted by atomic mass is 9.94. The number of anilines is 1. The molecule has 0 aromatic heterocycles. The minimum Gasteiger partial charge on any atom is -0.325 e. The molecule has 7 heteroatoms. The topological polar surface area (TPSA) is 69.7 Å². The number of amides is 1. The standard InChI is InChI=1S/C22H35N3O3S/c1-24(19-9-5-3-6-10-19)17-22(26)23-18-13-15-21(16-14-18)29(27,28)25(2)20-11-7-4-8-12-20/h13-16,19-20H,3-12,17H2,1-2H3,(H,23,26). The molecule has 2 saturated carbocycles. The normalized spacial score (nSPS) is 19.6. The van der Waals surface area contributed by atoms with Gasteiger partial charge in [0.2, 0.25) is 15.9 Å². The van der Waals surface area contributed by atoms with Gasteiger partial charge in [-0.05, 0) is 57.0 Å². The first-order chi connectivity index (χ1) is 13.9. The van der Waals surface area contributed by atoms with Gasteiger partial charge >= 0.3 is 0 Å². The Hall–Kier alpha value is -1.44. The molecule has 1 N–H and O–H groups in total. The maximum atomic E-state index is 12.9. The molecule has 1 aromatic rings. The summed E-state index contributed by atoms with van der Waals surface area (Å²) in [4.78, 5) is 14.8. The van der Waals surface area contributed by atoms with Crippen LogP contribution in [-0.4, -0.2) is 56.3 Å². The Morgan fingerprint density at radius 3 is 1.97 bits per heavy atom. The first-order valence-corrected chi connectivity index (χ1v) is 12.4. The average Bonchev–Trinajstić information content (AvgIpc) is 2.74. The number of hydrogen-bond donors (Lipinski definition) is 1. The highest BCUT2D eigenvalue weighted by Gasteiger charge is 2.29. The lowest BCUT2D eigenvalue weighted by Crippen LogP contribution is -2.39. The first-order valence-electron chi connectivity index (χ1n) is 11.0. The van der Waals surface area contributed by atoms with Crippen molar-refractivity contribution in [3.05, 3.63) is 24.3 Å². The van der Waals surface area contributed by atoms with Crippen LogP contribution in [0, 0.1) is 0 Å². The Bertz CT molecular complexity index is 767. The number of carbonyl (C=O) groups is 1.